The molecule has 180 valence electrons. The molecule has 2 heterocycles. The van der Waals surface area contributed by atoms with E-state index in [1.807, 2.05) is 19.1 Å². The van der Waals surface area contributed by atoms with Crippen LogP contribution in [0.15, 0.2) is 63.5 Å². The van der Waals surface area contributed by atoms with E-state index in [2.05, 4.69) is 21.2 Å². The molecule has 0 bridgehead atoms. The van der Waals surface area contributed by atoms with Crippen molar-refractivity contribution in [2.75, 3.05) is 16.8 Å². The molecule has 2 aromatic rings. The second-order valence-corrected chi connectivity index (χ2v) is 10.1. The number of Topliss-reactive ketones (excluding diaryl/α,β-unsaturated/α-hetero) is 1. The van der Waals surface area contributed by atoms with E-state index in [-0.39, 0.29) is 35.8 Å². The van der Waals surface area contributed by atoms with Gasteiger partial charge in [0.1, 0.15) is 16.8 Å². The number of nitrogens with two attached hydrogens (primary N) is 1. The van der Waals surface area contributed by atoms with Gasteiger partial charge in [-0.25, -0.2) is 4.79 Å². The highest BCUT2D eigenvalue weighted by Gasteiger charge is 2.62. The van der Waals surface area contributed by atoms with E-state index in [9.17, 15) is 14.4 Å². The molecule has 3 aliphatic rings. The fraction of sp³-hybridized carbons (Fsp3) is 0.269. The van der Waals surface area contributed by atoms with Crippen LogP contribution in [0.2, 0.25) is 5.02 Å². The number of aryl methyl sites for hydroxylation is 1. The number of esters is 1. The predicted octanol–water partition coefficient (Wildman–Crippen LogP) is 4.86. The third-order valence-electron chi connectivity index (χ3n) is 6.70. The fourth-order valence-electron chi connectivity index (χ4n) is 5.36. The van der Waals surface area contributed by atoms with Crippen LogP contribution in [0.5, 0.6) is 0 Å². The molecule has 0 saturated carbocycles. The average molecular weight is 557 g/mol. The van der Waals surface area contributed by atoms with Crippen LogP contribution >= 0.6 is 27.5 Å². The number of hydrogen-bond acceptors (Lipinski definition) is 6. The predicted molar refractivity (Wildman–Crippen MR) is 137 cm³/mol. The standard InChI is InChI=1S/C26H23BrClN3O4/c1-3-35-24(33)22-23(29)31(18-10-8-14(27)12-16(18)28)19-5-4-6-20(32)21(19)26(22)15-11-13(2)7-9-17(15)30-25(26)34/h7-12H,3-6,29H2,1-2H3,(H,30,34). The zero-order valence-electron chi connectivity index (χ0n) is 19.2. The molecule has 1 atom stereocenters. The van der Waals surface area contributed by atoms with Gasteiger partial charge in [-0.3, -0.25) is 14.5 Å². The van der Waals surface area contributed by atoms with Crippen molar-refractivity contribution in [3.05, 3.63) is 79.7 Å². The Balaban J connectivity index is 1.92. The molecular weight excluding hydrogens is 534 g/mol. The SMILES string of the molecule is CCOC(=O)C1=C(N)N(c2ccc(Br)cc2Cl)C2=C(C(=O)CCC2)C12C(=O)Nc1ccc(C)cc12. The summed E-state index contributed by atoms with van der Waals surface area (Å²) in [7, 11) is 0. The van der Waals surface area contributed by atoms with E-state index >= 15 is 0 Å². The monoisotopic (exact) mass is 555 g/mol. The van der Waals surface area contributed by atoms with E-state index in [1.54, 1.807) is 36.1 Å². The Morgan fingerprint density at radius 2 is 2.00 bits per heavy atom. The van der Waals surface area contributed by atoms with Gasteiger partial charge in [-0.2, -0.15) is 0 Å². The number of nitrogens with zero attached hydrogens (tertiary/aromatic N) is 1. The molecule has 1 aliphatic carbocycles. The van der Waals surface area contributed by atoms with Gasteiger partial charge < -0.3 is 15.8 Å². The molecule has 5 rings (SSSR count). The van der Waals surface area contributed by atoms with E-state index in [0.29, 0.717) is 40.5 Å². The van der Waals surface area contributed by atoms with Crippen molar-refractivity contribution in [2.24, 2.45) is 5.73 Å². The molecule has 35 heavy (non-hydrogen) atoms. The van der Waals surface area contributed by atoms with E-state index in [1.165, 1.54) is 0 Å². The Labute approximate surface area is 216 Å². The molecule has 2 aliphatic heterocycles. The lowest BCUT2D eigenvalue weighted by molar-refractivity contribution is -0.140. The van der Waals surface area contributed by atoms with E-state index < -0.39 is 17.3 Å². The number of benzene rings is 2. The van der Waals surface area contributed by atoms with Crippen molar-refractivity contribution in [3.8, 4) is 0 Å². The van der Waals surface area contributed by atoms with Gasteiger partial charge in [0.05, 0.1) is 17.3 Å². The molecule has 1 amide bonds. The number of carbonyl (C=O) groups excluding carboxylic acids is 3. The number of allylic oxidation sites excluding steroid dienone is 1. The van der Waals surface area contributed by atoms with Crippen LogP contribution in [-0.2, 0) is 24.5 Å². The Bertz CT molecular complexity index is 1380. The van der Waals surface area contributed by atoms with Crippen LogP contribution in [0, 0.1) is 6.92 Å². The van der Waals surface area contributed by atoms with Gasteiger partial charge in [0.25, 0.3) is 0 Å². The molecule has 9 heteroatoms. The largest absolute Gasteiger partial charge is 0.462 e. The maximum absolute atomic E-state index is 13.9. The molecule has 0 radical (unpaired) electrons. The second kappa shape index (κ2) is 8.53. The first-order valence-electron chi connectivity index (χ1n) is 11.3. The highest BCUT2D eigenvalue weighted by atomic mass is 79.9. The third kappa shape index (κ3) is 3.34. The summed E-state index contributed by atoms with van der Waals surface area (Å²) in [6, 6.07) is 10.7. The number of ketones is 1. The van der Waals surface area contributed by atoms with Gasteiger partial charge in [0.2, 0.25) is 5.91 Å². The van der Waals surface area contributed by atoms with Crippen molar-refractivity contribution in [2.45, 2.75) is 38.5 Å². The number of anilines is 2. The molecule has 0 saturated heterocycles. The topological polar surface area (TPSA) is 102 Å². The summed E-state index contributed by atoms with van der Waals surface area (Å²) in [5.74, 6) is -1.43. The number of fused-ring (bicyclic) bond motifs is 3. The van der Waals surface area contributed by atoms with Crippen LogP contribution in [0.4, 0.5) is 11.4 Å². The molecule has 3 N–H and O–H groups in total. The van der Waals surface area contributed by atoms with Gasteiger partial charge in [0, 0.05) is 33.4 Å². The number of carbonyl (C=O) groups is 3. The zero-order chi connectivity index (χ0) is 25.1. The zero-order valence-corrected chi connectivity index (χ0v) is 21.5. The first-order valence-corrected chi connectivity index (χ1v) is 12.5. The molecular formula is C26H23BrClN3O4. The van der Waals surface area contributed by atoms with Gasteiger partial charge in [0.15, 0.2) is 5.78 Å². The molecule has 1 unspecified atom stereocenters. The third-order valence-corrected chi connectivity index (χ3v) is 7.50. The van der Waals surface area contributed by atoms with Gasteiger partial charge >= 0.3 is 5.97 Å². The molecule has 0 aromatic heterocycles. The molecule has 0 fully saturated rings. The summed E-state index contributed by atoms with van der Waals surface area (Å²) in [4.78, 5) is 42.8. The quantitative estimate of drug-likeness (QED) is 0.524. The minimum atomic E-state index is -1.71. The van der Waals surface area contributed by atoms with E-state index in [0.717, 1.165) is 10.0 Å². The number of ether oxygens (including phenoxy) is 1. The normalized spacial score (nSPS) is 21.3. The summed E-state index contributed by atoms with van der Waals surface area (Å²) < 4.78 is 6.19. The molecule has 7 nitrogen and oxygen atoms in total. The molecule has 2 aromatic carbocycles. The summed E-state index contributed by atoms with van der Waals surface area (Å²) in [5, 5.41) is 3.26. The minimum Gasteiger partial charge on any atom is -0.462 e. The number of hydrogen-bond donors (Lipinski definition) is 2. The van der Waals surface area contributed by atoms with Crippen molar-refractivity contribution >= 4 is 56.6 Å². The van der Waals surface area contributed by atoms with Crippen molar-refractivity contribution < 1.29 is 19.1 Å². The smallest absolute Gasteiger partial charge is 0.339 e. The summed E-state index contributed by atoms with van der Waals surface area (Å²) in [5.41, 5.74) is 8.26. The highest BCUT2D eigenvalue weighted by molar-refractivity contribution is 9.10. The van der Waals surface area contributed by atoms with Crippen molar-refractivity contribution in [1.82, 2.24) is 0 Å². The van der Waals surface area contributed by atoms with Crippen LogP contribution in [0.3, 0.4) is 0 Å². The van der Waals surface area contributed by atoms with Crippen LogP contribution in [0.1, 0.15) is 37.3 Å². The van der Waals surface area contributed by atoms with Crippen LogP contribution < -0.4 is 16.0 Å². The first kappa shape index (κ1) is 23.6. The second-order valence-electron chi connectivity index (χ2n) is 8.76. The summed E-state index contributed by atoms with van der Waals surface area (Å²) in [6.45, 7) is 3.65. The lowest BCUT2D eigenvalue weighted by Crippen LogP contribution is -2.53. The van der Waals surface area contributed by atoms with Crippen molar-refractivity contribution in [3.63, 3.8) is 0 Å². The number of rotatable bonds is 3. The highest BCUT2D eigenvalue weighted by Crippen LogP contribution is 2.56. The van der Waals surface area contributed by atoms with Crippen LogP contribution in [0.25, 0.3) is 0 Å². The minimum absolute atomic E-state index is 0.0191. The molecule has 1 spiro atoms. The van der Waals surface area contributed by atoms with Gasteiger partial charge in [-0.1, -0.05) is 45.2 Å². The van der Waals surface area contributed by atoms with Gasteiger partial charge in [-0.05, 0) is 51.0 Å². The Morgan fingerprint density at radius 3 is 2.71 bits per heavy atom. The summed E-state index contributed by atoms with van der Waals surface area (Å²) in [6.07, 6.45) is 1.33. The fourth-order valence-corrected chi connectivity index (χ4v) is 6.12. The lowest BCUT2D eigenvalue weighted by Gasteiger charge is -2.44. The van der Waals surface area contributed by atoms with Crippen LogP contribution in [-0.4, -0.2) is 24.3 Å². The number of amides is 1. The summed E-state index contributed by atoms with van der Waals surface area (Å²) >= 11 is 10.0. The number of nitrogens with one attached hydrogen (secondary N) is 1. The maximum atomic E-state index is 13.9. The Morgan fingerprint density at radius 1 is 1.23 bits per heavy atom. The average Bonchev–Trinajstić information content (AvgIpc) is 3.07. The van der Waals surface area contributed by atoms with Crippen molar-refractivity contribution in [1.29, 1.82) is 0 Å². The first-order chi connectivity index (χ1) is 16.7. The maximum Gasteiger partial charge on any atom is 0.339 e. The van der Waals surface area contributed by atoms with E-state index in [4.69, 9.17) is 22.1 Å². The van der Waals surface area contributed by atoms with Gasteiger partial charge in [-0.15, -0.1) is 0 Å². The lowest BCUT2D eigenvalue weighted by atomic mass is 9.63. The Kier molecular flexibility index (Phi) is 5.76. The number of halogens is 2. The Hall–Kier alpha value is -3.10.